The fourth-order valence-electron chi connectivity index (χ4n) is 1.97. The molecule has 0 saturated carbocycles. The molecule has 0 bridgehead atoms. The molecular formula is C10H11N3O6. The van der Waals surface area contributed by atoms with Crippen molar-refractivity contribution < 1.29 is 20.1 Å². The monoisotopic (exact) mass is 269 g/mol. The molecule has 0 radical (unpaired) electrons. The minimum Gasteiger partial charge on any atom is -0.394 e. The van der Waals surface area contributed by atoms with Crippen molar-refractivity contribution >= 4 is 0 Å². The van der Waals surface area contributed by atoms with Gasteiger partial charge >= 0.3 is 5.69 Å². The van der Waals surface area contributed by atoms with Crippen LogP contribution in [0.4, 0.5) is 0 Å². The van der Waals surface area contributed by atoms with Gasteiger partial charge < -0.3 is 20.1 Å². The molecule has 9 heteroatoms. The van der Waals surface area contributed by atoms with Crippen molar-refractivity contribution in [2.45, 2.75) is 24.0 Å². The number of aliphatic hydroxyl groups is 3. The molecule has 0 spiro atoms. The van der Waals surface area contributed by atoms with Crippen LogP contribution in [0.1, 0.15) is 0 Å². The maximum atomic E-state index is 11.7. The van der Waals surface area contributed by atoms with E-state index in [0.29, 0.717) is 4.57 Å². The van der Waals surface area contributed by atoms with Gasteiger partial charge in [0.2, 0.25) is 0 Å². The van der Waals surface area contributed by atoms with Crippen LogP contribution >= 0.6 is 0 Å². The van der Waals surface area contributed by atoms with Crippen LogP contribution in [0.3, 0.4) is 0 Å². The molecule has 1 saturated heterocycles. The fraction of sp³-hybridized carbons (Fsp3) is 0.500. The van der Waals surface area contributed by atoms with E-state index in [0.717, 1.165) is 12.3 Å². The third-order valence-electron chi connectivity index (χ3n) is 2.96. The fourth-order valence-corrected chi connectivity index (χ4v) is 1.97. The summed E-state index contributed by atoms with van der Waals surface area (Å²) < 4.78 is 5.77. The summed E-state index contributed by atoms with van der Waals surface area (Å²) in [5, 5.41) is 37.7. The summed E-state index contributed by atoms with van der Waals surface area (Å²) in [5.74, 6) is 0. The second-order valence-corrected chi connectivity index (χ2v) is 4.06. The van der Waals surface area contributed by atoms with E-state index < -0.39 is 41.9 Å². The molecule has 0 aromatic carbocycles. The molecule has 3 unspecified atom stereocenters. The number of ether oxygens (including phenoxy) is 1. The Kier molecular flexibility index (Phi) is 3.25. The Morgan fingerprint density at radius 2 is 2.21 bits per heavy atom. The van der Waals surface area contributed by atoms with Crippen molar-refractivity contribution in [3.63, 3.8) is 0 Å². The smallest absolute Gasteiger partial charge is 0.331 e. The van der Waals surface area contributed by atoms with Gasteiger partial charge in [-0.3, -0.25) is 14.3 Å². The summed E-state index contributed by atoms with van der Waals surface area (Å²) in [4.78, 5) is 24.5. The van der Waals surface area contributed by atoms with E-state index in [2.05, 4.69) is 0 Å². The molecule has 1 aromatic heterocycles. The molecule has 19 heavy (non-hydrogen) atoms. The first-order valence-corrected chi connectivity index (χ1v) is 5.35. The van der Waals surface area contributed by atoms with Gasteiger partial charge in [0.25, 0.3) is 11.3 Å². The van der Waals surface area contributed by atoms with Crippen molar-refractivity contribution in [3.8, 4) is 6.07 Å². The standard InChI is InChI=1S/C10H11N3O6/c11-4-10(8(17)7(16)5(3-14)19-10)13-2-1-6(15)12-9(13)18/h1-2,5,7-8,14,16-17H,3H2,(H,12,15,18)/t5?,7?,8?,10-/m1/s1. The van der Waals surface area contributed by atoms with Gasteiger partial charge in [-0.15, -0.1) is 0 Å². The molecule has 2 rings (SSSR count). The molecule has 1 aromatic rings. The van der Waals surface area contributed by atoms with Gasteiger partial charge in [0.15, 0.2) is 0 Å². The van der Waals surface area contributed by atoms with Crippen molar-refractivity contribution in [2.75, 3.05) is 6.61 Å². The van der Waals surface area contributed by atoms with Crippen molar-refractivity contribution in [3.05, 3.63) is 33.1 Å². The predicted molar refractivity (Wildman–Crippen MR) is 58.9 cm³/mol. The lowest BCUT2D eigenvalue weighted by molar-refractivity contribution is -0.109. The summed E-state index contributed by atoms with van der Waals surface area (Å²) in [7, 11) is 0. The number of rotatable bonds is 2. The number of hydrogen-bond donors (Lipinski definition) is 4. The van der Waals surface area contributed by atoms with Gasteiger partial charge in [0.1, 0.15) is 24.4 Å². The van der Waals surface area contributed by atoms with E-state index in [-0.39, 0.29) is 0 Å². The SMILES string of the molecule is N#C[C@@]1(n2ccc(=O)[nH]c2=O)OC(CO)C(O)C1O. The first kappa shape index (κ1) is 13.4. The summed E-state index contributed by atoms with van der Waals surface area (Å²) in [6.45, 7) is -0.639. The van der Waals surface area contributed by atoms with Gasteiger partial charge in [-0.1, -0.05) is 0 Å². The van der Waals surface area contributed by atoms with E-state index in [1.54, 1.807) is 6.07 Å². The lowest BCUT2D eigenvalue weighted by Crippen LogP contribution is -2.50. The van der Waals surface area contributed by atoms with Crippen molar-refractivity contribution in [1.29, 1.82) is 5.26 Å². The molecule has 102 valence electrons. The summed E-state index contributed by atoms with van der Waals surface area (Å²) >= 11 is 0. The Labute approximate surface area is 105 Å². The third-order valence-corrected chi connectivity index (χ3v) is 2.96. The Balaban J connectivity index is 2.59. The highest BCUT2D eigenvalue weighted by molar-refractivity contribution is 5.12. The topological polar surface area (TPSA) is 149 Å². The quantitative estimate of drug-likeness (QED) is 0.442. The highest BCUT2D eigenvalue weighted by Crippen LogP contribution is 2.33. The largest absolute Gasteiger partial charge is 0.394 e. The van der Waals surface area contributed by atoms with Gasteiger partial charge in [0.05, 0.1) is 6.61 Å². The Morgan fingerprint density at radius 3 is 2.68 bits per heavy atom. The molecule has 0 aliphatic carbocycles. The maximum absolute atomic E-state index is 11.7. The number of nitrogens with zero attached hydrogens (tertiary/aromatic N) is 2. The molecule has 4 N–H and O–H groups in total. The zero-order valence-corrected chi connectivity index (χ0v) is 9.55. The Hall–Kier alpha value is -1.99. The number of nitriles is 1. The van der Waals surface area contributed by atoms with Crippen LogP contribution in [-0.2, 0) is 10.5 Å². The second-order valence-electron chi connectivity index (χ2n) is 4.06. The zero-order chi connectivity index (χ0) is 14.2. The van der Waals surface area contributed by atoms with Crippen LogP contribution in [-0.4, -0.2) is 49.8 Å². The lowest BCUT2D eigenvalue weighted by atomic mass is 10.0. The summed E-state index contributed by atoms with van der Waals surface area (Å²) in [6, 6.07) is 2.56. The second kappa shape index (κ2) is 4.60. The van der Waals surface area contributed by atoms with E-state index in [1.165, 1.54) is 0 Å². The van der Waals surface area contributed by atoms with E-state index in [1.807, 2.05) is 4.98 Å². The average Bonchev–Trinajstić information content (AvgIpc) is 2.64. The first-order chi connectivity index (χ1) is 8.96. The summed E-state index contributed by atoms with van der Waals surface area (Å²) in [6.07, 6.45) is -3.53. The predicted octanol–water partition coefficient (Wildman–Crippen LogP) is -3.17. The maximum Gasteiger partial charge on any atom is 0.331 e. The molecule has 1 fully saturated rings. The van der Waals surface area contributed by atoms with Crippen LogP contribution < -0.4 is 11.2 Å². The van der Waals surface area contributed by atoms with Gasteiger partial charge in [0, 0.05) is 12.3 Å². The average molecular weight is 269 g/mol. The molecule has 9 nitrogen and oxygen atoms in total. The van der Waals surface area contributed by atoms with Crippen molar-refractivity contribution in [1.82, 2.24) is 9.55 Å². The van der Waals surface area contributed by atoms with Crippen LogP contribution in [0.15, 0.2) is 21.9 Å². The molecule has 2 heterocycles. The van der Waals surface area contributed by atoms with E-state index in [9.17, 15) is 25.1 Å². The molecule has 1 aliphatic heterocycles. The number of aromatic nitrogens is 2. The van der Waals surface area contributed by atoms with Crippen molar-refractivity contribution in [2.24, 2.45) is 0 Å². The van der Waals surface area contributed by atoms with Crippen LogP contribution in [0.5, 0.6) is 0 Å². The van der Waals surface area contributed by atoms with E-state index in [4.69, 9.17) is 9.84 Å². The molecule has 0 amide bonds. The number of hydrogen-bond acceptors (Lipinski definition) is 7. The minimum atomic E-state index is -2.20. The lowest BCUT2D eigenvalue weighted by Gasteiger charge is -2.26. The highest BCUT2D eigenvalue weighted by atomic mass is 16.6. The molecule has 4 atom stereocenters. The number of H-pyrrole nitrogens is 1. The Morgan fingerprint density at radius 1 is 1.53 bits per heavy atom. The van der Waals surface area contributed by atoms with Gasteiger partial charge in [-0.25, -0.2) is 4.79 Å². The summed E-state index contributed by atoms with van der Waals surface area (Å²) in [5.41, 5.74) is -3.85. The Bertz CT molecular complexity index is 631. The molecule has 1 aliphatic rings. The zero-order valence-electron chi connectivity index (χ0n) is 9.55. The first-order valence-electron chi connectivity index (χ1n) is 5.35. The normalized spacial score (nSPS) is 34.1. The number of nitrogens with one attached hydrogen (secondary N) is 1. The van der Waals surface area contributed by atoms with Crippen LogP contribution in [0.25, 0.3) is 0 Å². The van der Waals surface area contributed by atoms with Gasteiger partial charge in [-0.2, -0.15) is 5.26 Å². The molecular weight excluding hydrogens is 258 g/mol. The van der Waals surface area contributed by atoms with Crippen LogP contribution in [0, 0.1) is 11.3 Å². The van der Waals surface area contributed by atoms with Gasteiger partial charge in [-0.05, 0) is 0 Å². The minimum absolute atomic E-state index is 0.639. The number of aromatic amines is 1. The van der Waals surface area contributed by atoms with Crippen LogP contribution in [0.2, 0.25) is 0 Å². The van der Waals surface area contributed by atoms with E-state index >= 15 is 0 Å². The highest BCUT2D eigenvalue weighted by Gasteiger charge is 2.56. The number of aliphatic hydroxyl groups excluding tert-OH is 3. The third kappa shape index (κ3) is 1.87.